The molecule has 33 heavy (non-hydrogen) atoms. The summed E-state index contributed by atoms with van der Waals surface area (Å²) in [5, 5.41) is 0. The number of carbonyl (C=O) groups is 2. The van der Waals surface area contributed by atoms with Crippen molar-refractivity contribution in [2.75, 3.05) is 11.5 Å². The monoisotopic (exact) mass is 479 g/mol. The van der Waals surface area contributed by atoms with Crippen LogP contribution in [0.5, 0.6) is 11.5 Å². The number of esters is 1. The minimum Gasteiger partial charge on any atom is -0.490 e. The number of thioether (sulfide) groups is 1. The van der Waals surface area contributed by atoms with Crippen LogP contribution in [-0.2, 0) is 4.79 Å². The molecule has 0 saturated carbocycles. The predicted octanol–water partition coefficient (Wildman–Crippen LogP) is 5.85. The first-order valence-corrected chi connectivity index (χ1v) is 11.3. The normalized spacial score (nSPS) is 14.6. The number of para-hydroxylation sites is 1. The lowest BCUT2D eigenvalue weighted by Gasteiger charge is -2.14. The van der Waals surface area contributed by atoms with Crippen LogP contribution in [0.2, 0.25) is 0 Å². The van der Waals surface area contributed by atoms with Crippen molar-refractivity contribution in [3.8, 4) is 11.5 Å². The molecule has 0 N–H and O–H groups in total. The average Bonchev–Trinajstić information content (AvgIpc) is 3.09. The van der Waals surface area contributed by atoms with Gasteiger partial charge in [-0.15, -0.1) is 0 Å². The number of hydrogen-bond acceptors (Lipinski definition) is 6. The number of rotatable bonds is 6. The summed E-state index contributed by atoms with van der Waals surface area (Å²) >= 11 is 6.62. The summed E-state index contributed by atoms with van der Waals surface area (Å²) in [7, 11) is 0. The number of anilines is 1. The standard InChI is InChI=1S/C25H18FNO4S2/c1-2-30-21-14-16(8-13-20(21)31-24(29)17-9-11-18(26)12-10-17)15-22-23(28)27(25(32)33-22)19-6-4-3-5-7-19/h3-15H,2H2,1H3/b22-15-. The number of nitrogens with zero attached hydrogens (tertiary/aromatic N) is 1. The molecule has 166 valence electrons. The molecule has 0 atom stereocenters. The van der Waals surface area contributed by atoms with Crippen LogP contribution in [0.1, 0.15) is 22.8 Å². The number of hydrogen-bond donors (Lipinski definition) is 0. The fourth-order valence-electron chi connectivity index (χ4n) is 3.13. The number of ether oxygens (including phenoxy) is 2. The van der Waals surface area contributed by atoms with E-state index in [1.54, 1.807) is 24.3 Å². The largest absolute Gasteiger partial charge is 0.490 e. The molecule has 8 heteroatoms. The van der Waals surface area contributed by atoms with Crippen LogP contribution in [0.4, 0.5) is 10.1 Å². The lowest BCUT2D eigenvalue weighted by atomic mass is 10.1. The van der Waals surface area contributed by atoms with Gasteiger partial charge in [0.2, 0.25) is 0 Å². The second-order valence-corrected chi connectivity index (χ2v) is 8.56. The van der Waals surface area contributed by atoms with Gasteiger partial charge in [0.25, 0.3) is 5.91 Å². The molecule has 0 aliphatic carbocycles. The minimum atomic E-state index is -0.632. The maximum Gasteiger partial charge on any atom is 0.343 e. The molecule has 0 unspecified atom stereocenters. The van der Waals surface area contributed by atoms with E-state index in [-0.39, 0.29) is 17.2 Å². The van der Waals surface area contributed by atoms with E-state index in [0.29, 0.717) is 32.8 Å². The quantitative estimate of drug-likeness (QED) is 0.191. The van der Waals surface area contributed by atoms with E-state index in [4.69, 9.17) is 21.7 Å². The Morgan fingerprint density at radius 1 is 1.06 bits per heavy atom. The van der Waals surface area contributed by atoms with Crippen LogP contribution in [0.15, 0.2) is 77.7 Å². The van der Waals surface area contributed by atoms with Crippen molar-refractivity contribution < 1.29 is 23.5 Å². The van der Waals surface area contributed by atoms with E-state index >= 15 is 0 Å². The van der Waals surface area contributed by atoms with Crippen LogP contribution in [0, 0.1) is 5.82 Å². The van der Waals surface area contributed by atoms with Crippen molar-refractivity contribution in [1.29, 1.82) is 0 Å². The molecule has 0 radical (unpaired) electrons. The summed E-state index contributed by atoms with van der Waals surface area (Å²) in [6.45, 7) is 2.16. The van der Waals surface area contributed by atoms with Crippen molar-refractivity contribution in [2.24, 2.45) is 0 Å². The van der Waals surface area contributed by atoms with Crippen LogP contribution in [0.25, 0.3) is 6.08 Å². The van der Waals surface area contributed by atoms with E-state index < -0.39 is 11.8 Å². The maximum atomic E-state index is 13.1. The molecule has 0 bridgehead atoms. The molecule has 1 aliphatic heterocycles. The number of thiocarbonyl (C=S) groups is 1. The lowest BCUT2D eigenvalue weighted by molar-refractivity contribution is -0.113. The molecule has 3 aromatic carbocycles. The van der Waals surface area contributed by atoms with E-state index in [1.807, 2.05) is 37.3 Å². The molecule has 4 rings (SSSR count). The summed E-state index contributed by atoms with van der Waals surface area (Å²) in [6.07, 6.45) is 1.72. The van der Waals surface area contributed by atoms with Gasteiger partial charge in [0, 0.05) is 0 Å². The van der Waals surface area contributed by atoms with Crippen molar-refractivity contribution in [3.05, 3.63) is 94.6 Å². The molecule has 1 fully saturated rings. The van der Waals surface area contributed by atoms with Crippen LogP contribution >= 0.6 is 24.0 Å². The van der Waals surface area contributed by atoms with Crippen molar-refractivity contribution in [3.63, 3.8) is 0 Å². The third-order valence-electron chi connectivity index (χ3n) is 4.66. The van der Waals surface area contributed by atoms with Gasteiger partial charge in [0.1, 0.15) is 5.82 Å². The molecule has 0 aromatic heterocycles. The van der Waals surface area contributed by atoms with E-state index in [0.717, 1.165) is 0 Å². The van der Waals surface area contributed by atoms with Gasteiger partial charge in [-0.2, -0.15) is 0 Å². The predicted molar refractivity (Wildman–Crippen MR) is 131 cm³/mol. The van der Waals surface area contributed by atoms with Crippen LogP contribution < -0.4 is 14.4 Å². The second kappa shape index (κ2) is 9.97. The number of carbonyl (C=O) groups excluding carboxylic acids is 2. The van der Waals surface area contributed by atoms with Gasteiger partial charge >= 0.3 is 5.97 Å². The zero-order chi connectivity index (χ0) is 23.4. The summed E-state index contributed by atoms with van der Waals surface area (Å²) in [5.74, 6) is -0.711. The third kappa shape index (κ3) is 5.13. The average molecular weight is 480 g/mol. The second-order valence-electron chi connectivity index (χ2n) is 6.89. The molecular formula is C25H18FNO4S2. The molecule has 1 saturated heterocycles. The summed E-state index contributed by atoms with van der Waals surface area (Å²) < 4.78 is 24.7. The zero-order valence-electron chi connectivity index (χ0n) is 17.5. The Hall–Kier alpha value is -3.49. The fourth-order valence-corrected chi connectivity index (χ4v) is 4.43. The van der Waals surface area contributed by atoms with Crippen molar-refractivity contribution >= 4 is 51.9 Å². The lowest BCUT2D eigenvalue weighted by Crippen LogP contribution is -2.27. The molecule has 1 amide bonds. The van der Waals surface area contributed by atoms with Crippen LogP contribution in [-0.4, -0.2) is 22.8 Å². The number of benzene rings is 3. The first-order valence-electron chi connectivity index (χ1n) is 10.0. The third-order valence-corrected chi connectivity index (χ3v) is 5.96. The number of halogens is 1. The summed E-state index contributed by atoms with van der Waals surface area (Å²) in [4.78, 5) is 27.3. The maximum absolute atomic E-state index is 13.1. The molecule has 3 aromatic rings. The number of amides is 1. The zero-order valence-corrected chi connectivity index (χ0v) is 19.1. The Balaban J connectivity index is 1.58. The molecule has 1 heterocycles. The van der Waals surface area contributed by atoms with Crippen molar-refractivity contribution in [1.82, 2.24) is 0 Å². The smallest absolute Gasteiger partial charge is 0.343 e. The van der Waals surface area contributed by atoms with Gasteiger partial charge in [-0.25, -0.2) is 9.18 Å². The summed E-state index contributed by atoms with van der Waals surface area (Å²) in [5.41, 5.74) is 1.61. The molecular weight excluding hydrogens is 461 g/mol. The first kappa shape index (κ1) is 22.7. The topological polar surface area (TPSA) is 55.8 Å². The molecule has 5 nitrogen and oxygen atoms in total. The van der Waals surface area contributed by atoms with Gasteiger partial charge in [0.15, 0.2) is 15.8 Å². The summed E-state index contributed by atoms with van der Waals surface area (Å²) in [6, 6.07) is 19.3. The van der Waals surface area contributed by atoms with E-state index in [9.17, 15) is 14.0 Å². The van der Waals surface area contributed by atoms with E-state index in [2.05, 4.69) is 0 Å². The van der Waals surface area contributed by atoms with Gasteiger partial charge < -0.3 is 9.47 Å². The van der Waals surface area contributed by atoms with E-state index in [1.165, 1.54) is 40.9 Å². The Kier molecular flexibility index (Phi) is 6.86. The van der Waals surface area contributed by atoms with Gasteiger partial charge in [-0.3, -0.25) is 9.69 Å². The van der Waals surface area contributed by atoms with Gasteiger partial charge in [0.05, 0.1) is 22.8 Å². The van der Waals surface area contributed by atoms with Crippen molar-refractivity contribution in [2.45, 2.75) is 6.92 Å². The molecule has 1 aliphatic rings. The molecule has 0 spiro atoms. The minimum absolute atomic E-state index is 0.207. The highest BCUT2D eigenvalue weighted by molar-refractivity contribution is 8.27. The van der Waals surface area contributed by atoms with Gasteiger partial charge in [-0.1, -0.05) is 48.2 Å². The highest BCUT2D eigenvalue weighted by atomic mass is 32.2. The first-order chi connectivity index (χ1) is 16.0. The highest BCUT2D eigenvalue weighted by Crippen LogP contribution is 2.37. The Bertz CT molecular complexity index is 1240. The Labute approximate surface area is 199 Å². The van der Waals surface area contributed by atoms with Crippen LogP contribution in [0.3, 0.4) is 0 Å². The Morgan fingerprint density at radius 3 is 2.48 bits per heavy atom. The fraction of sp³-hybridized carbons (Fsp3) is 0.0800. The Morgan fingerprint density at radius 2 is 1.79 bits per heavy atom. The highest BCUT2D eigenvalue weighted by Gasteiger charge is 2.33. The SMILES string of the molecule is CCOc1cc(/C=C2\SC(=S)N(c3ccccc3)C2=O)ccc1OC(=O)c1ccc(F)cc1. The van der Waals surface area contributed by atoms with Gasteiger partial charge in [-0.05, 0) is 67.1 Å².